The lowest BCUT2D eigenvalue weighted by Gasteiger charge is -2.31. The van der Waals surface area contributed by atoms with E-state index in [1.54, 1.807) is 35.2 Å². The fourth-order valence-electron chi connectivity index (χ4n) is 6.01. The maximum absolute atomic E-state index is 15.7. The highest BCUT2D eigenvalue weighted by Gasteiger charge is 2.33. The van der Waals surface area contributed by atoms with Crippen LogP contribution in [0.1, 0.15) is 23.2 Å². The molecule has 0 bridgehead atoms. The van der Waals surface area contributed by atoms with Crippen molar-refractivity contribution in [2.75, 3.05) is 38.5 Å². The van der Waals surface area contributed by atoms with Crippen molar-refractivity contribution in [3.8, 4) is 50.9 Å². The van der Waals surface area contributed by atoms with Gasteiger partial charge < -0.3 is 29.8 Å². The number of anilines is 2. The monoisotopic (exact) mass is 677 g/mol. The first kappa shape index (κ1) is 33.8. The Bertz CT molecular complexity index is 2170. The van der Waals surface area contributed by atoms with Crippen molar-refractivity contribution in [1.82, 2.24) is 9.55 Å². The first-order chi connectivity index (χ1) is 24.1. The van der Waals surface area contributed by atoms with E-state index in [1.807, 2.05) is 6.07 Å². The second-order valence-electron chi connectivity index (χ2n) is 12.0. The Morgan fingerprint density at radius 2 is 1.66 bits per heavy atom. The molecule has 3 heterocycles. The summed E-state index contributed by atoms with van der Waals surface area (Å²) in [5.74, 6) is -0.789. The van der Waals surface area contributed by atoms with E-state index >= 15 is 4.39 Å². The molecule has 0 aliphatic carbocycles. The summed E-state index contributed by atoms with van der Waals surface area (Å²) in [6.07, 6.45) is 5.47. The van der Waals surface area contributed by atoms with Crippen LogP contribution in [-0.4, -0.2) is 42.9 Å². The minimum atomic E-state index is -0.783. The van der Waals surface area contributed by atoms with E-state index < -0.39 is 28.4 Å². The molecule has 254 valence electrons. The average Bonchev–Trinajstić information content (AvgIpc) is 3.13. The molecule has 1 fully saturated rings. The molecule has 1 amide bonds. The number of ether oxygens (including phenoxy) is 3. The molecule has 1 aliphatic rings. The van der Waals surface area contributed by atoms with Crippen molar-refractivity contribution in [3.05, 3.63) is 113 Å². The highest BCUT2D eigenvalue weighted by Crippen LogP contribution is 2.36. The quantitative estimate of drug-likeness (QED) is 0.176. The molecule has 10 nitrogen and oxygen atoms in total. The van der Waals surface area contributed by atoms with Crippen LogP contribution >= 0.6 is 0 Å². The van der Waals surface area contributed by atoms with E-state index in [4.69, 9.17) is 19.9 Å². The van der Waals surface area contributed by atoms with Crippen LogP contribution in [0, 0.1) is 28.4 Å². The number of nitriles is 1. The predicted octanol–water partition coefficient (Wildman–Crippen LogP) is 6.69. The van der Waals surface area contributed by atoms with Gasteiger partial charge in [0.1, 0.15) is 23.0 Å². The van der Waals surface area contributed by atoms with Gasteiger partial charge >= 0.3 is 0 Å². The van der Waals surface area contributed by atoms with Crippen LogP contribution in [0.4, 0.5) is 20.3 Å². The van der Waals surface area contributed by atoms with Crippen molar-refractivity contribution in [3.63, 3.8) is 0 Å². The van der Waals surface area contributed by atoms with Crippen LogP contribution in [0.5, 0.6) is 11.5 Å². The van der Waals surface area contributed by atoms with Crippen LogP contribution in [0.2, 0.25) is 0 Å². The van der Waals surface area contributed by atoms with E-state index in [9.17, 15) is 19.2 Å². The summed E-state index contributed by atoms with van der Waals surface area (Å²) in [5.41, 5.74) is 7.09. The maximum atomic E-state index is 15.7. The van der Waals surface area contributed by atoms with Crippen molar-refractivity contribution in [2.24, 2.45) is 5.41 Å². The van der Waals surface area contributed by atoms with Crippen LogP contribution < -0.4 is 26.0 Å². The molecule has 0 spiro atoms. The van der Waals surface area contributed by atoms with Crippen LogP contribution in [0.15, 0.2) is 90.1 Å². The van der Waals surface area contributed by atoms with Crippen LogP contribution in [-0.2, 0) is 11.3 Å². The fraction of sp³-hybridized carbons (Fsp3) is 0.211. The van der Waals surface area contributed by atoms with E-state index in [-0.39, 0.29) is 34.7 Å². The number of nitrogens with one attached hydrogen (secondary N) is 1. The number of amides is 1. The molecule has 3 aromatic carbocycles. The molecule has 1 aliphatic heterocycles. The molecule has 0 saturated carbocycles. The van der Waals surface area contributed by atoms with Gasteiger partial charge in [0.2, 0.25) is 5.43 Å². The number of nitrogens with zero attached hydrogens (tertiary/aromatic N) is 3. The zero-order valence-corrected chi connectivity index (χ0v) is 27.3. The zero-order chi connectivity index (χ0) is 35.4. The van der Waals surface area contributed by atoms with Crippen LogP contribution in [0.25, 0.3) is 33.4 Å². The zero-order valence-electron chi connectivity index (χ0n) is 27.3. The van der Waals surface area contributed by atoms with Gasteiger partial charge in [-0.15, -0.1) is 0 Å². The summed E-state index contributed by atoms with van der Waals surface area (Å²) in [6.45, 7) is 1.02. The Balaban J connectivity index is 1.31. The topological polar surface area (TPSA) is 141 Å². The van der Waals surface area contributed by atoms with Crippen molar-refractivity contribution >= 4 is 17.4 Å². The number of halogens is 2. The Kier molecular flexibility index (Phi) is 9.60. The average molecular weight is 678 g/mol. The van der Waals surface area contributed by atoms with Gasteiger partial charge in [-0.2, -0.15) is 5.26 Å². The number of pyridine rings is 2. The number of hydrogen-bond acceptors (Lipinski definition) is 8. The maximum Gasteiger partial charge on any atom is 0.261 e. The number of aromatic nitrogens is 2. The summed E-state index contributed by atoms with van der Waals surface area (Å²) < 4.78 is 47.3. The summed E-state index contributed by atoms with van der Waals surface area (Å²) in [7, 11) is 3.06. The largest absolute Gasteiger partial charge is 0.493 e. The minimum absolute atomic E-state index is 0.0925. The van der Waals surface area contributed by atoms with E-state index in [0.717, 1.165) is 11.6 Å². The standard InChI is InChI=1S/C38H33F2N5O5/c1-48-33-10-5-24(16-34(33)49-2)25-15-29(36(42)43-18-25)28-9-8-27(17-32(28)40)44-37(47)31-20-45(22-38(21-41)11-13-50-14-12-38)19-30(35(31)46)23-3-6-26(39)7-4-23/h3-10,15-20H,11-14,22H2,1-2H3,(H2,42,43)(H,44,47). The number of rotatable bonds is 9. The fourth-order valence-corrected chi connectivity index (χ4v) is 6.01. The molecule has 3 N–H and O–H groups in total. The molecule has 5 aromatic rings. The lowest BCUT2D eigenvalue weighted by atomic mass is 9.81. The number of hydrogen-bond donors (Lipinski definition) is 2. The van der Waals surface area contributed by atoms with Crippen molar-refractivity contribution in [1.29, 1.82) is 5.26 Å². The third-order valence-corrected chi connectivity index (χ3v) is 8.80. The van der Waals surface area contributed by atoms with E-state index in [2.05, 4.69) is 16.4 Å². The smallest absolute Gasteiger partial charge is 0.261 e. The Hall–Kier alpha value is -6.06. The SMILES string of the molecule is COc1ccc(-c2cnc(N)c(-c3ccc(NC(=O)c4cn(CC5(C#N)CCOCC5)cc(-c5ccc(F)cc5)c4=O)cc3F)c2)cc1OC. The Labute approximate surface area is 286 Å². The van der Waals surface area contributed by atoms with Gasteiger partial charge in [0, 0.05) is 66.3 Å². The molecule has 6 rings (SSSR count). The third-order valence-electron chi connectivity index (χ3n) is 8.80. The molecule has 12 heteroatoms. The highest BCUT2D eigenvalue weighted by molar-refractivity contribution is 6.04. The summed E-state index contributed by atoms with van der Waals surface area (Å²) >= 11 is 0. The molecule has 50 heavy (non-hydrogen) atoms. The lowest BCUT2D eigenvalue weighted by molar-refractivity contribution is 0.0332. The van der Waals surface area contributed by atoms with Gasteiger partial charge in [-0.1, -0.05) is 18.2 Å². The third kappa shape index (κ3) is 6.90. The van der Waals surface area contributed by atoms with Crippen molar-refractivity contribution < 1.29 is 27.8 Å². The number of benzene rings is 3. The molecular formula is C38H33F2N5O5. The number of methoxy groups -OCH3 is 2. The first-order valence-corrected chi connectivity index (χ1v) is 15.7. The van der Waals surface area contributed by atoms with Crippen LogP contribution in [0.3, 0.4) is 0 Å². The molecule has 1 saturated heterocycles. The predicted molar refractivity (Wildman–Crippen MR) is 185 cm³/mol. The van der Waals surface area contributed by atoms with Crippen molar-refractivity contribution in [2.45, 2.75) is 19.4 Å². The van der Waals surface area contributed by atoms with E-state index in [1.165, 1.54) is 56.8 Å². The van der Waals surface area contributed by atoms with Gasteiger partial charge in [0.05, 0.1) is 25.7 Å². The summed E-state index contributed by atoms with van der Waals surface area (Å²) in [4.78, 5) is 31.6. The molecule has 0 unspecified atom stereocenters. The van der Waals surface area contributed by atoms with Gasteiger partial charge in [-0.25, -0.2) is 13.8 Å². The summed E-state index contributed by atoms with van der Waals surface area (Å²) in [5, 5.41) is 12.7. The molecule has 0 atom stereocenters. The number of nitrogen functional groups attached to an aromatic ring is 1. The molecule has 0 radical (unpaired) electrons. The second kappa shape index (κ2) is 14.2. The summed E-state index contributed by atoms with van der Waals surface area (Å²) in [6, 6.07) is 18.9. The number of nitrogens with two attached hydrogens (primary N) is 1. The second-order valence-corrected chi connectivity index (χ2v) is 12.0. The van der Waals surface area contributed by atoms with Gasteiger partial charge in [0.25, 0.3) is 5.91 Å². The Morgan fingerprint density at radius 1 is 0.940 bits per heavy atom. The minimum Gasteiger partial charge on any atom is -0.493 e. The molecular weight excluding hydrogens is 644 g/mol. The van der Waals surface area contributed by atoms with E-state index in [0.29, 0.717) is 54.2 Å². The lowest BCUT2D eigenvalue weighted by Crippen LogP contribution is -2.33. The highest BCUT2D eigenvalue weighted by atomic mass is 19.1. The van der Waals surface area contributed by atoms with Gasteiger partial charge in [-0.3, -0.25) is 9.59 Å². The Morgan fingerprint density at radius 3 is 2.34 bits per heavy atom. The number of carbonyl (C=O) groups excluding carboxylic acids is 1. The first-order valence-electron chi connectivity index (χ1n) is 15.7. The number of carbonyl (C=O) groups is 1. The molecule has 2 aromatic heterocycles. The van der Waals surface area contributed by atoms with Gasteiger partial charge in [0.15, 0.2) is 11.5 Å². The normalized spacial score (nSPS) is 13.7. The van der Waals surface area contributed by atoms with Gasteiger partial charge in [-0.05, 0) is 72.5 Å².